The van der Waals surface area contributed by atoms with Crippen molar-refractivity contribution in [1.29, 1.82) is 0 Å². The fourth-order valence-corrected chi connectivity index (χ4v) is 1.81. The largest absolute Gasteiger partial charge is 1.00 e. The lowest BCUT2D eigenvalue weighted by molar-refractivity contribution is -0.0000177. The summed E-state index contributed by atoms with van der Waals surface area (Å²) in [6, 6.07) is 4.52. The van der Waals surface area contributed by atoms with Crippen LogP contribution in [0.2, 0.25) is 0 Å². The van der Waals surface area contributed by atoms with Gasteiger partial charge in [-0.2, -0.15) is 0 Å². The molecule has 0 radical (unpaired) electrons. The number of ether oxygens (including phenoxy) is 2. The SMILES string of the molecule is CN(C)C(=O)Oc1cc(OC(=O)N(C)C)cc(C(O)CNC(C)(C)C)c1.[Cl-]. The smallest absolute Gasteiger partial charge is 0.414 e. The predicted molar refractivity (Wildman–Crippen MR) is 98.6 cm³/mol. The van der Waals surface area contributed by atoms with Crippen molar-refractivity contribution in [2.24, 2.45) is 0 Å². The van der Waals surface area contributed by atoms with Crippen LogP contribution in [0.4, 0.5) is 9.59 Å². The van der Waals surface area contributed by atoms with Crippen LogP contribution < -0.4 is 27.2 Å². The van der Waals surface area contributed by atoms with Gasteiger partial charge < -0.3 is 42.1 Å². The Morgan fingerprint density at radius 1 is 1.00 bits per heavy atom. The van der Waals surface area contributed by atoms with Gasteiger partial charge in [-0.15, -0.1) is 0 Å². The summed E-state index contributed by atoms with van der Waals surface area (Å²) >= 11 is 0. The van der Waals surface area contributed by atoms with Crippen LogP contribution in [-0.4, -0.2) is 67.4 Å². The average Bonchev–Trinajstić information content (AvgIpc) is 2.51. The number of nitrogens with zero attached hydrogens (tertiary/aromatic N) is 2. The second kappa shape index (κ2) is 10.3. The van der Waals surface area contributed by atoms with E-state index in [1.165, 1.54) is 15.9 Å². The van der Waals surface area contributed by atoms with E-state index in [-0.39, 0.29) is 36.0 Å². The molecule has 8 nitrogen and oxygen atoms in total. The molecule has 0 saturated heterocycles. The zero-order valence-corrected chi connectivity index (χ0v) is 17.6. The van der Waals surface area contributed by atoms with Gasteiger partial charge in [0.15, 0.2) is 0 Å². The van der Waals surface area contributed by atoms with Crippen molar-refractivity contribution in [2.45, 2.75) is 32.4 Å². The maximum atomic E-state index is 11.8. The summed E-state index contributed by atoms with van der Waals surface area (Å²) < 4.78 is 10.5. The summed E-state index contributed by atoms with van der Waals surface area (Å²) in [6.45, 7) is 6.24. The molecule has 0 bridgehead atoms. The third-order valence-electron chi connectivity index (χ3n) is 3.25. The van der Waals surface area contributed by atoms with Crippen LogP contribution in [0.25, 0.3) is 0 Å². The van der Waals surface area contributed by atoms with Crippen LogP contribution in [0.5, 0.6) is 11.5 Å². The van der Waals surface area contributed by atoms with E-state index in [4.69, 9.17) is 9.47 Å². The van der Waals surface area contributed by atoms with E-state index in [2.05, 4.69) is 5.32 Å². The summed E-state index contributed by atoms with van der Waals surface area (Å²) in [7, 11) is 6.23. The number of β-amino-alcohol motifs (C(OH)–C–C–N with tert-alkyl or cyclic N) is 1. The first-order valence-electron chi connectivity index (χ1n) is 8.25. The van der Waals surface area contributed by atoms with E-state index in [0.717, 1.165) is 0 Å². The highest BCUT2D eigenvalue weighted by atomic mass is 35.5. The summed E-state index contributed by atoms with van der Waals surface area (Å²) in [5, 5.41) is 13.7. The lowest BCUT2D eigenvalue weighted by atomic mass is 10.1. The maximum absolute atomic E-state index is 11.8. The molecule has 0 spiro atoms. The maximum Gasteiger partial charge on any atom is 0.414 e. The molecule has 0 aromatic heterocycles. The van der Waals surface area contributed by atoms with Gasteiger partial charge in [-0.25, -0.2) is 9.59 Å². The zero-order valence-electron chi connectivity index (χ0n) is 16.9. The molecule has 0 aliphatic rings. The highest BCUT2D eigenvalue weighted by molar-refractivity contribution is 5.72. The second-order valence-corrected chi connectivity index (χ2v) is 7.41. The zero-order chi connectivity index (χ0) is 20.1. The molecule has 0 aliphatic heterocycles. The highest BCUT2D eigenvalue weighted by Crippen LogP contribution is 2.27. The number of hydrogen-bond acceptors (Lipinski definition) is 6. The average molecular weight is 403 g/mol. The van der Waals surface area contributed by atoms with Gasteiger partial charge >= 0.3 is 12.2 Å². The third-order valence-corrected chi connectivity index (χ3v) is 3.25. The summed E-state index contributed by atoms with van der Waals surface area (Å²) in [5.41, 5.74) is 0.295. The number of aliphatic hydroxyl groups is 1. The first-order valence-corrected chi connectivity index (χ1v) is 8.25. The molecule has 1 aromatic rings. The van der Waals surface area contributed by atoms with E-state index in [1.807, 2.05) is 20.8 Å². The van der Waals surface area contributed by atoms with Crippen LogP contribution in [0, 0.1) is 0 Å². The van der Waals surface area contributed by atoms with E-state index in [0.29, 0.717) is 5.56 Å². The molecule has 1 aromatic carbocycles. The molecule has 0 saturated carbocycles. The molecule has 9 heteroatoms. The Bertz CT molecular complexity index is 604. The lowest BCUT2D eigenvalue weighted by Crippen LogP contribution is -3.00. The number of halogens is 1. The first kappa shape index (κ1) is 25.0. The number of nitrogens with one attached hydrogen (secondary N) is 1. The van der Waals surface area contributed by atoms with Crippen molar-refractivity contribution in [3.05, 3.63) is 23.8 Å². The molecule has 2 amide bonds. The Balaban J connectivity index is 0.00000676. The quantitative estimate of drug-likeness (QED) is 0.672. The lowest BCUT2D eigenvalue weighted by Gasteiger charge is -2.23. The molecule has 0 heterocycles. The van der Waals surface area contributed by atoms with Gasteiger partial charge in [-0.1, -0.05) is 0 Å². The van der Waals surface area contributed by atoms with Gasteiger partial charge in [0, 0.05) is 46.3 Å². The number of benzene rings is 1. The monoisotopic (exact) mass is 402 g/mol. The van der Waals surface area contributed by atoms with Crippen LogP contribution in [-0.2, 0) is 0 Å². The minimum Gasteiger partial charge on any atom is -1.00 e. The molecule has 0 aliphatic carbocycles. The minimum atomic E-state index is -0.871. The van der Waals surface area contributed by atoms with E-state index >= 15 is 0 Å². The van der Waals surface area contributed by atoms with Crippen LogP contribution in [0.3, 0.4) is 0 Å². The van der Waals surface area contributed by atoms with Crippen molar-refractivity contribution < 1.29 is 36.6 Å². The Morgan fingerprint density at radius 3 is 1.74 bits per heavy atom. The number of carbonyl (C=O) groups is 2. The fraction of sp³-hybridized carbons (Fsp3) is 0.556. The molecule has 1 unspecified atom stereocenters. The van der Waals surface area contributed by atoms with Crippen molar-refractivity contribution in [3.63, 3.8) is 0 Å². The Labute approximate surface area is 166 Å². The minimum absolute atomic E-state index is 0. The van der Waals surface area contributed by atoms with Gasteiger partial charge in [-0.05, 0) is 38.5 Å². The molecule has 1 atom stereocenters. The first-order chi connectivity index (χ1) is 11.9. The fourth-order valence-electron chi connectivity index (χ4n) is 1.81. The van der Waals surface area contributed by atoms with Crippen molar-refractivity contribution >= 4 is 12.2 Å². The normalized spacial score (nSPS) is 11.9. The summed E-state index contributed by atoms with van der Waals surface area (Å²) in [5.74, 6) is 0.357. The topological polar surface area (TPSA) is 91.3 Å². The number of hydrogen-bond donors (Lipinski definition) is 2. The summed E-state index contributed by atoms with van der Waals surface area (Å²) in [6.07, 6.45) is -2.02. The van der Waals surface area contributed by atoms with E-state index in [1.54, 1.807) is 40.3 Å². The molecule has 154 valence electrons. The second-order valence-electron chi connectivity index (χ2n) is 7.41. The third kappa shape index (κ3) is 8.94. The van der Waals surface area contributed by atoms with Crippen LogP contribution in [0.1, 0.15) is 32.4 Å². The van der Waals surface area contributed by atoms with E-state index < -0.39 is 18.3 Å². The molecule has 2 N–H and O–H groups in total. The van der Waals surface area contributed by atoms with Gasteiger partial charge in [0.05, 0.1) is 6.10 Å². The molecular formula is C18H29ClN3O5-. The van der Waals surface area contributed by atoms with Crippen molar-refractivity contribution in [2.75, 3.05) is 34.7 Å². The molecule has 0 fully saturated rings. The van der Waals surface area contributed by atoms with Gasteiger partial charge in [0.1, 0.15) is 11.5 Å². The van der Waals surface area contributed by atoms with Crippen LogP contribution >= 0.6 is 0 Å². The highest BCUT2D eigenvalue weighted by Gasteiger charge is 2.18. The molecule has 1 rings (SSSR count). The number of carbonyl (C=O) groups excluding carboxylic acids is 2. The predicted octanol–water partition coefficient (Wildman–Crippen LogP) is -0.767. The van der Waals surface area contributed by atoms with Gasteiger partial charge in [-0.3, -0.25) is 0 Å². The van der Waals surface area contributed by atoms with Crippen LogP contribution in [0.15, 0.2) is 18.2 Å². The Hall–Kier alpha value is -2.03. The van der Waals surface area contributed by atoms with Gasteiger partial charge in [0.25, 0.3) is 0 Å². The van der Waals surface area contributed by atoms with Crippen molar-refractivity contribution in [1.82, 2.24) is 15.1 Å². The van der Waals surface area contributed by atoms with E-state index in [9.17, 15) is 14.7 Å². The number of amides is 2. The summed E-state index contributed by atoms with van der Waals surface area (Å²) in [4.78, 5) is 26.2. The Kier molecular flexibility index (Phi) is 9.56. The molecular weight excluding hydrogens is 374 g/mol. The van der Waals surface area contributed by atoms with Gasteiger partial charge in [0.2, 0.25) is 0 Å². The van der Waals surface area contributed by atoms with Crippen molar-refractivity contribution in [3.8, 4) is 11.5 Å². The molecule has 27 heavy (non-hydrogen) atoms. The Morgan fingerprint density at radius 2 is 1.41 bits per heavy atom. The number of rotatable bonds is 5. The number of aliphatic hydroxyl groups excluding tert-OH is 1. The standard InChI is InChI=1S/C18H29N3O5.ClH/c1-18(2,3)19-11-15(22)12-8-13(25-16(23)20(4)5)10-14(9-12)26-17(24)21(6)7;/h8-10,15,19,22H,11H2,1-7H3;1H/p-1.